The molecule has 0 aliphatic heterocycles. The first kappa shape index (κ1) is 21.7. The molecule has 0 saturated heterocycles. The minimum atomic E-state index is -0.487. The van der Waals surface area contributed by atoms with E-state index < -0.39 is 5.91 Å². The second kappa shape index (κ2) is 9.32. The molecule has 0 aliphatic carbocycles. The number of thiophene rings is 1. The molecule has 12 heteroatoms. The maximum Gasteiger partial charge on any atom is 0.293 e. The van der Waals surface area contributed by atoms with Crippen LogP contribution in [0.25, 0.3) is 5.82 Å². The Morgan fingerprint density at radius 1 is 1.28 bits per heavy atom. The van der Waals surface area contributed by atoms with Crippen LogP contribution in [-0.4, -0.2) is 36.9 Å². The van der Waals surface area contributed by atoms with E-state index in [4.69, 9.17) is 5.73 Å². The topological polar surface area (TPSA) is 137 Å². The number of aryl methyl sites for hydroxylation is 2. The highest BCUT2D eigenvalue weighted by Crippen LogP contribution is 2.26. The number of anilines is 1. The molecule has 164 valence electrons. The van der Waals surface area contributed by atoms with Crippen LogP contribution in [0, 0.1) is 13.8 Å². The Bertz CT molecular complexity index is 1280. The van der Waals surface area contributed by atoms with E-state index >= 15 is 0 Å². The molecule has 0 spiro atoms. The van der Waals surface area contributed by atoms with Gasteiger partial charge in [0.15, 0.2) is 5.69 Å². The molecule has 4 aromatic rings. The van der Waals surface area contributed by atoms with E-state index in [0.29, 0.717) is 17.2 Å². The molecule has 0 bridgehead atoms. The second-order valence-electron chi connectivity index (χ2n) is 6.84. The van der Waals surface area contributed by atoms with Crippen LogP contribution in [0.3, 0.4) is 0 Å². The zero-order valence-electron chi connectivity index (χ0n) is 17.6. The second-order valence-corrected chi connectivity index (χ2v) is 9.35. The van der Waals surface area contributed by atoms with Gasteiger partial charge in [0, 0.05) is 26.0 Å². The predicted octanol–water partition coefficient (Wildman–Crippen LogP) is 3.36. The van der Waals surface area contributed by atoms with Crippen molar-refractivity contribution >= 4 is 40.5 Å². The molecule has 32 heavy (non-hydrogen) atoms. The van der Waals surface area contributed by atoms with E-state index in [0.717, 1.165) is 15.3 Å². The van der Waals surface area contributed by atoms with Crippen LogP contribution in [0.4, 0.5) is 5.82 Å². The Hall–Kier alpha value is -3.51. The summed E-state index contributed by atoms with van der Waals surface area (Å²) in [6, 6.07) is 11.8. The van der Waals surface area contributed by atoms with Gasteiger partial charge in [-0.1, -0.05) is 23.4 Å². The fourth-order valence-electron chi connectivity index (χ4n) is 3.02. The van der Waals surface area contributed by atoms with Gasteiger partial charge in [0.1, 0.15) is 0 Å². The van der Waals surface area contributed by atoms with Gasteiger partial charge in [0.05, 0.1) is 11.4 Å². The molecular weight excluding hydrogens is 448 g/mol. The molecule has 10 nitrogen and oxygen atoms in total. The number of carbonyl (C=O) groups is 1. The van der Waals surface area contributed by atoms with Crippen molar-refractivity contribution < 1.29 is 9.42 Å². The first-order valence-corrected chi connectivity index (χ1v) is 11.4. The number of aromatic nitrogens is 5. The Balaban J connectivity index is 1.61. The Labute approximate surface area is 191 Å². The quantitative estimate of drug-likeness (QED) is 0.239. The third-order valence-electron chi connectivity index (χ3n) is 4.55. The SMILES string of the molecule is C/C(=N/NC(=O)c1nnn(-c2nonc2N)c1CSc1ccccc1)c1cc(C)sc1C. The molecule has 3 heterocycles. The Morgan fingerprint density at radius 2 is 2.06 bits per heavy atom. The number of hydrazone groups is 1. The third-order valence-corrected chi connectivity index (χ3v) is 6.54. The molecule has 0 aliphatic rings. The number of nitrogens with one attached hydrogen (secondary N) is 1. The maximum absolute atomic E-state index is 12.9. The summed E-state index contributed by atoms with van der Waals surface area (Å²) in [6.45, 7) is 5.90. The van der Waals surface area contributed by atoms with Gasteiger partial charge in [-0.3, -0.25) is 4.79 Å². The fraction of sp³-hybridized carbons (Fsp3) is 0.200. The molecule has 0 saturated carbocycles. The standard InChI is InChI=1S/C20H20N8O2S2/c1-11-9-15(13(3)32-11)12(2)22-24-20(29)17-16(10-31-14-7-5-4-6-8-14)28(27-23-17)19-18(21)25-30-26-19/h4-9H,10H2,1-3H3,(H2,21,25)(H,24,29)/b22-12-. The van der Waals surface area contributed by atoms with Crippen molar-refractivity contribution in [1.29, 1.82) is 0 Å². The molecule has 3 aromatic heterocycles. The lowest BCUT2D eigenvalue weighted by molar-refractivity contribution is 0.0949. The number of rotatable bonds is 7. The average molecular weight is 469 g/mol. The number of hydrogen-bond acceptors (Lipinski definition) is 10. The zero-order chi connectivity index (χ0) is 22.7. The lowest BCUT2D eigenvalue weighted by Crippen LogP contribution is -2.21. The lowest BCUT2D eigenvalue weighted by Gasteiger charge is -2.06. The molecule has 0 radical (unpaired) electrons. The fourth-order valence-corrected chi connectivity index (χ4v) is 4.91. The largest absolute Gasteiger partial charge is 0.378 e. The van der Waals surface area contributed by atoms with Gasteiger partial charge in [-0.25, -0.2) is 10.1 Å². The van der Waals surface area contributed by atoms with Crippen LogP contribution in [-0.2, 0) is 5.75 Å². The normalized spacial score (nSPS) is 11.7. The van der Waals surface area contributed by atoms with E-state index in [9.17, 15) is 4.79 Å². The first-order valence-electron chi connectivity index (χ1n) is 9.57. The summed E-state index contributed by atoms with van der Waals surface area (Å²) in [4.78, 5) is 16.3. The highest BCUT2D eigenvalue weighted by Gasteiger charge is 2.24. The molecular formula is C20H20N8O2S2. The molecule has 1 aromatic carbocycles. The van der Waals surface area contributed by atoms with Gasteiger partial charge in [0.25, 0.3) is 5.91 Å². The van der Waals surface area contributed by atoms with Gasteiger partial charge in [-0.15, -0.1) is 28.2 Å². The maximum atomic E-state index is 12.9. The summed E-state index contributed by atoms with van der Waals surface area (Å²) in [5.41, 5.74) is 10.7. The minimum Gasteiger partial charge on any atom is -0.378 e. The number of nitrogens with zero attached hydrogens (tertiary/aromatic N) is 6. The molecule has 0 atom stereocenters. The Kier molecular flexibility index (Phi) is 6.32. The van der Waals surface area contributed by atoms with Crippen LogP contribution in [0.15, 0.2) is 51.0 Å². The van der Waals surface area contributed by atoms with E-state index in [-0.39, 0.29) is 17.3 Å². The van der Waals surface area contributed by atoms with Crippen molar-refractivity contribution in [1.82, 2.24) is 30.7 Å². The molecule has 1 amide bonds. The van der Waals surface area contributed by atoms with Crippen molar-refractivity contribution in [3.05, 3.63) is 63.1 Å². The zero-order valence-corrected chi connectivity index (χ0v) is 19.2. The van der Waals surface area contributed by atoms with Crippen molar-refractivity contribution in [3.63, 3.8) is 0 Å². The number of amides is 1. The number of nitrogen functional groups attached to an aromatic ring is 1. The Morgan fingerprint density at radius 3 is 2.72 bits per heavy atom. The van der Waals surface area contributed by atoms with Crippen LogP contribution in [0.5, 0.6) is 0 Å². The number of hydrogen-bond donors (Lipinski definition) is 2. The summed E-state index contributed by atoms with van der Waals surface area (Å²) in [5.74, 6) is 0.116. The van der Waals surface area contributed by atoms with Gasteiger partial charge in [-0.2, -0.15) is 9.78 Å². The molecule has 3 N–H and O–H groups in total. The monoisotopic (exact) mass is 468 g/mol. The number of benzene rings is 1. The summed E-state index contributed by atoms with van der Waals surface area (Å²) < 4.78 is 6.05. The van der Waals surface area contributed by atoms with Gasteiger partial charge in [-0.05, 0) is 49.3 Å². The van der Waals surface area contributed by atoms with Gasteiger partial charge >= 0.3 is 0 Å². The smallest absolute Gasteiger partial charge is 0.293 e. The van der Waals surface area contributed by atoms with Gasteiger partial charge < -0.3 is 5.73 Å². The van der Waals surface area contributed by atoms with Crippen molar-refractivity contribution in [2.45, 2.75) is 31.4 Å². The van der Waals surface area contributed by atoms with Crippen molar-refractivity contribution in [2.75, 3.05) is 5.73 Å². The van der Waals surface area contributed by atoms with Crippen LogP contribution >= 0.6 is 23.1 Å². The van der Waals surface area contributed by atoms with Crippen LogP contribution in [0.2, 0.25) is 0 Å². The molecule has 0 unspecified atom stereocenters. The summed E-state index contributed by atoms with van der Waals surface area (Å²) in [7, 11) is 0. The lowest BCUT2D eigenvalue weighted by atomic mass is 10.2. The highest BCUT2D eigenvalue weighted by molar-refractivity contribution is 7.98. The van der Waals surface area contributed by atoms with E-state index in [1.165, 1.54) is 21.3 Å². The van der Waals surface area contributed by atoms with Crippen molar-refractivity contribution in [2.24, 2.45) is 5.10 Å². The van der Waals surface area contributed by atoms with E-state index in [1.807, 2.05) is 57.2 Å². The number of nitrogens with two attached hydrogens (primary N) is 1. The summed E-state index contributed by atoms with van der Waals surface area (Å²) >= 11 is 3.20. The molecule has 4 rings (SSSR count). The average Bonchev–Trinajstić information content (AvgIpc) is 3.48. The minimum absolute atomic E-state index is 0.0463. The van der Waals surface area contributed by atoms with E-state index in [2.05, 4.69) is 35.8 Å². The van der Waals surface area contributed by atoms with Crippen molar-refractivity contribution in [3.8, 4) is 5.82 Å². The van der Waals surface area contributed by atoms with Gasteiger partial charge in [0.2, 0.25) is 11.6 Å². The highest BCUT2D eigenvalue weighted by atomic mass is 32.2. The molecule has 0 fully saturated rings. The van der Waals surface area contributed by atoms with E-state index in [1.54, 1.807) is 11.3 Å². The summed E-state index contributed by atoms with van der Waals surface area (Å²) in [6.07, 6.45) is 0. The number of thioether (sulfide) groups is 1. The van der Waals surface area contributed by atoms with Crippen LogP contribution in [0.1, 0.15) is 38.4 Å². The number of carbonyl (C=O) groups excluding carboxylic acids is 1. The predicted molar refractivity (Wildman–Crippen MR) is 123 cm³/mol. The summed E-state index contributed by atoms with van der Waals surface area (Å²) in [5, 5.41) is 19.7. The van der Waals surface area contributed by atoms with Crippen LogP contribution < -0.4 is 11.2 Å². The third kappa shape index (κ3) is 4.55. The first-order chi connectivity index (χ1) is 15.4.